The molecule has 3 aromatic rings. The molecule has 1 aliphatic carbocycles. The van der Waals surface area contributed by atoms with Crippen LogP contribution in [-0.2, 0) is 6.54 Å². The Balaban J connectivity index is 1.40. The summed E-state index contributed by atoms with van der Waals surface area (Å²) in [5.74, 6) is 1.58. The third-order valence-corrected chi connectivity index (χ3v) is 5.36. The number of amides is 1. The molecule has 5 nitrogen and oxygen atoms in total. The van der Waals surface area contributed by atoms with Gasteiger partial charge in [-0.25, -0.2) is 9.97 Å². The van der Waals surface area contributed by atoms with E-state index in [4.69, 9.17) is 0 Å². The van der Waals surface area contributed by atoms with Crippen molar-refractivity contribution < 1.29 is 4.79 Å². The summed E-state index contributed by atoms with van der Waals surface area (Å²) in [6.07, 6.45) is 4.26. The van der Waals surface area contributed by atoms with Crippen LogP contribution < -0.4 is 5.32 Å². The molecule has 128 valence electrons. The van der Waals surface area contributed by atoms with Gasteiger partial charge in [0.05, 0.1) is 22.3 Å². The van der Waals surface area contributed by atoms with Crippen molar-refractivity contribution in [1.29, 1.82) is 0 Å². The van der Waals surface area contributed by atoms with Crippen LogP contribution in [0, 0.1) is 5.92 Å². The summed E-state index contributed by atoms with van der Waals surface area (Å²) in [7, 11) is 1.80. The Morgan fingerprint density at radius 2 is 2.12 bits per heavy atom. The number of carbonyl (C=O) groups excluding carboxylic acids is 1. The van der Waals surface area contributed by atoms with Gasteiger partial charge in [0.2, 0.25) is 0 Å². The molecule has 1 aromatic carbocycles. The van der Waals surface area contributed by atoms with Gasteiger partial charge in [0.1, 0.15) is 10.8 Å². The molecule has 2 heterocycles. The second-order valence-electron chi connectivity index (χ2n) is 6.49. The molecule has 0 aliphatic heterocycles. The van der Waals surface area contributed by atoms with Gasteiger partial charge in [-0.3, -0.25) is 4.79 Å². The second-order valence-corrected chi connectivity index (χ2v) is 7.61. The third kappa shape index (κ3) is 3.79. The van der Waals surface area contributed by atoms with E-state index in [2.05, 4.69) is 21.4 Å². The fraction of sp³-hybridized carbons (Fsp3) is 0.316. The first kappa shape index (κ1) is 16.0. The molecule has 2 aromatic heterocycles. The number of fused-ring (bicyclic) bond motifs is 1. The molecule has 1 fully saturated rings. The van der Waals surface area contributed by atoms with Crippen LogP contribution in [0.4, 0.5) is 5.82 Å². The van der Waals surface area contributed by atoms with Crippen LogP contribution in [0.1, 0.15) is 28.2 Å². The number of carbonyl (C=O) groups is 1. The zero-order valence-corrected chi connectivity index (χ0v) is 14.9. The highest BCUT2D eigenvalue weighted by Crippen LogP contribution is 2.28. The molecule has 0 unspecified atom stereocenters. The Labute approximate surface area is 150 Å². The molecular formula is C19H20N4OS. The number of hydrogen-bond donors (Lipinski definition) is 1. The van der Waals surface area contributed by atoms with E-state index in [0.29, 0.717) is 12.1 Å². The molecule has 25 heavy (non-hydrogen) atoms. The number of rotatable bonds is 6. The van der Waals surface area contributed by atoms with Crippen LogP contribution in [0.5, 0.6) is 0 Å². The Bertz CT molecular complexity index is 853. The van der Waals surface area contributed by atoms with Gasteiger partial charge in [-0.05, 0) is 43.0 Å². The fourth-order valence-electron chi connectivity index (χ4n) is 2.68. The minimum Gasteiger partial charge on any atom is -0.370 e. The highest BCUT2D eigenvalue weighted by molar-refractivity contribution is 7.18. The van der Waals surface area contributed by atoms with E-state index in [0.717, 1.165) is 33.5 Å². The first-order chi connectivity index (χ1) is 12.2. The van der Waals surface area contributed by atoms with Crippen molar-refractivity contribution in [2.45, 2.75) is 19.4 Å². The van der Waals surface area contributed by atoms with E-state index in [1.807, 2.05) is 30.3 Å². The first-order valence-electron chi connectivity index (χ1n) is 8.49. The minimum absolute atomic E-state index is 0.0412. The maximum atomic E-state index is 12.6. The maximum absolute atomic E-state index is 12.6. The molecule has 0 saturated heterocycles. The number of pyridine rings is 1. The molecule has 1 amide bonds. The van der Waals surface area contributed by atoms with Crippen molar-refractivity contribution in [2.75, 3.05) is 18.9 Å². The van der Waals surface area contributed by atoms with Gasteiger partial charge >= 0.3 is 0 Å². The summed E-state index contributed by atoms with van der Waals surface area (Å²) in [6.45, 7) is 1.47. The molecule has 1 saturated carbocycles. The van der Waals surface area contributed by atoms with Gasteiger partial charge in [-0.15, -0.1) is 11.3 Å². The molecule has 0 bridgehead atoms. The number of thiazole rings is 1. The number of anilines is 1. The van der Waals surface area contributed by atoms with E-state index < -0.39 is 0 Å². The fourth-order valence-corrected chi connectivity index (χ4v) is 3.70. The van der Waals surface area contributed by atoms with Gasteiger partial charge < -0.3 is 10.2 Å². The number of para-hydroxylation sites is 1. The Morgan fingerprint density at radius 1 is 1.28 bits per heavy atom. The standard InChI is InChI=1S/C19H20N4OS/c1-23(12-18-22-15-4-2-3-5-16(15)25-18)19(24)14-8-9-17(21-11-14)20-10-13-6-7-13/h2-5,8-9,11,13H,6-7,10,12H2,1H3,(H,20,21). The summed E-state index contributed by atoms with van der Waals surface area (Å²) >= 11 is 1.63. The van der Waals surface area contributed by atoms with Crippen molar-refractivity contribution in [3.05, 3.63) is 53.2 Å². The minimum atomic E-state index is -0.0412. The summed E-state index contributed by atoms with van der Waals surface area (Å²) in [4.78, 5) is 23.2. The van der Waals surface area contributed by atoms with Gasteiger partial charge in [0.15, 0.2) is 0 Å². The lowest BCUT2D eigenvalue weighted by atomic mass is 10.2. The van der Waals surface area contributed by atoms with Gasteiger partial charge in [-0.1, -0.05) is 12.1 Å². The SMILES string of the molecule is CN(Cc1nc2ccccc2s1)C(=O)c1ccc(NCC2CC2)nc1. The van der Waals surface area contributed by atoms with Crippen molar-refractivity contribution in [1.82, 2.24) is 14.9 Å². The Hall–Kier alpha value is -2.47. The average molecular weight is 352 g/mol. The predicted octanol–water partition coefficient (Wildman–Crippen LogP) is 3.79. The zero-order valence-electron chi connectivity index (χ0n) is 14.1. The monoisotopic (exact) mass is 352 g/mol. The summed E-state index contributed by atoms with van der Waals surface area (Å²) < 4.78 is 1.14. The maximum Gasteiger partial charge on any atom is 0.255 e. The highest BCUT2D eigenvalue weighted by Gasteiger charge is 2.21. The molecule has 0 spiro atoms. The van der Waals surface area contributed by atoms with Crippen molar-refractivity contribution >= 4 is 33.3 Å². The number of aromatic nitrogens is 2. The van der Waals surface area contributed by atoms with Crippen LogP contribution in [0.15, 0.2) is 42.6 Å². The first-order valence-corrected chi connectivity index (χ1v) is 9.30. The Kier molecular flexibility index (Phi) is 4.36. The Morgan fingerprint density at radius 3 is 2.84 bits per heavy atom. The van der Waals surface area contributed by atoms with E-state index in [1.165, 1.54) is 12.8 Å². The quantitative estimate of drug-likeness (QED) is 0.733. The molecule has 1 aliphatic rings. The number of hydrogen-bond acceptors (Lipinski definition) is 5. The predicted molar refractivity (Wildman–Crippen MR) is 101 cm³/mol. The van der Waals surface area contributed by atoms with E-state index in [9.17, 15) is 4.79 Å². The van der Waals surface area contributed by atoms with Crippen LogP contribution in [0.2, 0.25) is 0 Å². The van der Waals surface area contributed by atoms with Crippen LogP contribution in [0.3, 0.4) is 0 Å². The van der Waals surface area contributed by atoms with Crippen molar-refractivity contribution in [2.24, 2.45) is 5.92 Å². The molecule has 0 radical (unpaired) electrons. The number of nitrogens with one attached hydrogen (secondary N) is 1. The van der Waals surface area contributed by atoms with Gasteiger partial charge in [0, 0.05) is 19.8 Å². The second kappa shape index (κ2) is 6.80. The molecule has 6 heteroatoms. The zero-order chi connectivity index (χ0) is 17.2. The topological polar surface area (TPSA) is 58.1 Å². The lowest BCUT2D eigenvalue weighted by molar-refractivity contribution is 0.0784. The molecule has 4 rings (SSSR count). The van der Waals surface area contributed by atoms with Gasteiger partial charge in [-0.2, -0.15) is 0 Å². The van der Waals surface area contributed by atoms with Crippen molar-refractivity contribution in [3.8, 4) is 0 Å². The lowest BCUT2D eigenvalue weighted by Gasteiger charge is -2.15. The average Bonchev–Trinajstić information content (AvgIpc) is 3.38. The van der Waals surface area contributed by atoms with E-state index in [-0.39, 0.29) is 5.91 Å². The van der Waals surface area contributed by atoms with Crippen LogP contribution in [-0.4, -0.2) is 34.4 Å². The number of benzene rings is 1. The van der Waals surface area contributed by atoms with Crippen LogP contribution >= 0.6 is 11.3 Å². The largest absolute Gasteiger partial charge is 0.370 e. The lowest BCUT2D eigenvalue weighted by Crippen LogP contribution is -2.26. The van der Waals surface area contributed by atoms with E-state index >= 15 is 0 Å². The highest BCUT2D eigenvalue weighted by atomic mass is 32.1. The molecular weight excluding hydrogens is 332 g/mol. The summed E-state index contributed by atoms with van der Waals surface area (Å²) in [5.41, 5.74) is 1.58. The van der Waals surface area contributed by atoms with Gasteiger partial charge in [0.25, 0.3) is 5.91 Å². The molecule has 1 N–H and O–H groups in total. The molecule has 0 atom stereocenters. The summed E-state index contributed by atoms with van der Waals surface area (Å²) in [5, 5.41) is 4.25. The normalized spacial score (nSPS) is 13.8. The third-order valence-electron chi connectivity index (χ3n) is 4.34. The van der Waals surface area contributed by atoms with Crippen LogP contribution in [0.25, 0.3) is 10.2 Å². The smallest absolute Gasteiger partial charge is 0.255 e. The van der Waals surface area contributed by atoms with E-state index in [1.54, 1.807) is 29.5 Å². The summed E-state index contributed by atoms with van der Waals surface area (Å²) in [6, 6.07) is 11.7. The van der Waals surface area contributed by atoms with Crippen molar-refractivity contribution in [3.63, 3.8) is 0 Å². The number of nitrogens with zero attached hydrogens (tertiary/aromatic N) is 3.